The van der Waals surface area contributed by atoms with Crippen molar-refractivity contribution < 1.29 is 9.31 Å². The monoisotopic (exact) mass is 338 g/mol. The van der Waals surface area contributed by atoms with E-state index in [-0.39, 0.29) is 18.0 Å². The van der Waals surface area contributed by atoms with Crippen LogP contribution in [0, 0.1) is 22.9 Å². The Labute approximate surface area is 123 Å². The van der Waals surface area contributed by atoms with Gasteiger partial charge >= 0.3 is 0 Å². The van der Waals surface area contributed by atoms with E-state index in [1.165, 1.54) is 12.1 Å². The molecule has 0 fully saturated rings. The van der Waals surface area contributed by atoms with Crippen LogP contribution < -0.4 is 5.32 Å². The molecular formula is C14H12BrFN2O2. The van der Waals surface area contributed by atoms with Crippen molar-refractivity contribution >= 4 is 27.3 Å². The quantitative estimate of drug-likeness (QED) is 0.663. The van der Waals surface area contributed by atoms with Crippen LogP contribution in [-0.4, -0.2) is 4.92 Å². The van der Waals surface area contributed by atoms with Crippen molar-refractivity contribution in [2.24, 2.45) is 0 Å². The number of nitro benzene ring substituents is 1. The van der Waals surface area contributed by atoms with Gasteiger partial charge < -0.3 is 5.32 Å². The van der Waals surface area contributed by atoms with Crippen molar-refractivity contribution in [1.82, 2.24) is 0 Å². The SMILES string of the molecule is Cc1cc(Br)c(F)cc1NCc1ccccc1[N+](=O)[O-]. The zero-order valence-corrected chi connectivity index (χ0v) is 12.3. The fraction of sp³-hybridized carbons (Fsp3) is 0.143. The van der Waals surface area contributed by atoms with Gasteiger partial charge in [0.25, 0.3) is 5.69 Å². The average Bonchev–Trinajstić information content (AvgIpc) is 2.41. The molecule has 0 saturated carbocycles. The molecule has 2 rings (SSSR count). The van der Waals surface area contributed by atoms with E-state index in [9.17, 15) is 14.5 Å². The van der Waals surface area contributed by atoms with Gasteiger partial charge in [-0.05, 0) is 40.5 Å². The van der Waals surface area contributed by atoms with Crippen LogP contribution in [0.15, 0.2) is 40.9 Å². The Hall–Kier alpha value is -1.95. The van der Waals surface area contributed by atoms with Gasteiger partial charge in [0.15, 0.2) is 0 Å². The number of anilines is 1. The zero-order valence-electron chi connectivity index (χ0n) is 10.7. The highest BCUT2D eigenvalue weighted by atomic mass is 79.9. The first kappa shape index (κ1) is 14.5. The summed E-state index contributed by atoms with van der Waals surface area (Å²) in [6.45, 7) is 2.10. The van der Waals surface area contributed by atoms with Gasteiger partial charge in [0, 0.05) is 23.9 Å². The largest absolute Gasteiger partial charge is 0.380 e. The highest BCUT2D eigenvalue weighted by Gasteiger charge is 2.12. The molecule has 0 atom stereocenters. The van der Waals surface area contributed by atoms with Crippen molar-refractivity contribution in [2.45, 2.75) is 13.5 Å². The van der Waals surface area contributed by atoms with E-state index < -0.39 is 4.92 Å². The van der Waals surface area contributed by atoms with Crippen LogP contribution >= 0.6 is 15.9 Å². The maximum Gasteiger partial charge on any atom is 0.274 e. The van der Waals surface area contributed by atoms with Gasteiger partial charge in [0.1, 0.15) is 5.82 Å². The van der Waals surface area contributed by atoms with Gasteiger partial charge in [-0.15, -0.1) is 0 Å². The summed E-state index contributed by atoms with van der Waals surface area (Å²) in [5.41, 5.74) is 2.08. The molecule has 0 unspecified atom stereocenters. The summed E-state index contributed by atoms with van der Waals surface area (Å²) in [4.78, 5) is 10.5. The van der Waals surface area contributed by atoms with Crippen molar-refractivity contribution in [3.8, 4) is 0 Å². The maximum absolute atomic E-state index is 13.5. The number of halogens is 2. The second-order valence-electron chi connectivity index (χ2n) is 4.32. The van der Waals surface area contributed by atoms with E-state index >= 15 is 0 Å². The first-order valence-electron chi connectivity index (χ1n) is 5.91. The molecule has 20 heavy (non-hydrogen) atoms. The molecule has 0 heterocycles. The van der Waals surface area contributed by atoms with E-state index in [4.69, 9.17) is 0 Å². The van der Waals surface area contributed by atoms with Crippen LogP contribution in [-0.2, 0) is 6.54 Å². The Morgan fingerprint density at radius 3 is 2.75 bits per heavy atom. The number of hydrogen-bond acceptors (Lipinski definition) is 3. The smallest absolute Gasteiger partial charge is 0.274 e. The summed E-state index contributed by atoms with van der Waals surface area (Å²) in [5.74, 6) is -0.374. The fourth-order valence-corrected chi connectivity index (χ4v) is 2.32. The van der Waals surface area contributed by atoms with Gasteiger partial charge in [-0.3, -0.25) is 10.1 Å². The van der Waals surface area contributed by atoms with Crippen LogP contribution in [0.3, 0.4) is 0 Å². The predicted octanol–water partition coefficient (Wildman–Crippen LogP) is 4.42. The summed E-state index contributed by atoms with van der Waals surface area (Å²) in [6, 6.07) is 9.51. The van der Waals surface area contributed by atoms with Crippen molar-refractivity contribution in [1.29, 1.82) is 0 Å². The van der Waals surface area contributed by atoms with E-state index in [1.807, 2.05) is 6.92 Å². The number of nitrogens with zero attached hydrogens (tertiary/aromatic N) is 1. The molecule has 0 spiro atoms. The molecule has 0 saturated heterocycles. The highest BCUT2D eigenvalue weighted by Crippen LogP contribution is 2.25. The molecule has 104 valence electrons. The predicted molar refractivity (Wildman–Crippen MR) is 79.3 cm³/mol. The minimum Gasteiger partial charge on any atom is -0.380 e. The molecular weight excluding hydrogens is 327 g/mol. The topological polar surface area (TPSA) is 55.2 Å². The zero-order chi connectivity index (χ0) is 14.7. The Morgan fingerprint density at radius 1 is 1.35 bits per heavy atom. The van der Waals surface area contributed by atoms with Crippen LogP contribution in [0.25, 0.3) is 0 Å². The Bertz CT molecular complexity index is 662. The third kappa shape index (κ3) is 3.14. The minimum absolute atomic E-state index is 0.0511. The number of aryl methyl sites for hydroxylation is 1. The van der Waals surface area contributed by atoms with Gasteiger partial charge in [-0.1, -0.05) is 18.2 Å². The lowest BCUT2D eigenvalue weighted by Crippen LogP contribution is -2.04. The summed E-state index contributed by atoms with van der Waals surface area (Å²) in [5, 5.41) is 13.9. The standard InChI is InChI=1S/C14H12BrFN2O2/c1-9-6-11(15)12(16)7-13(9)17-8-10-4-2-3-5-14(10)18(19)20/h2-7,17H,8H2,1H3. The molecule has 2 aromatic rings. The fourth-order valence-electron chi connectivity index (χ4n) is 1.87. The van der Waals surface area contributed by atoms with E-state index in [1.54, 1.807) is 24.3 Å². The number of para-hydroxylation sites is 1. The normalized spacial score (nSPS) is 10.3. The van der Waals surface area contributed by atoms with E-state index in [2.05, 4.69) is 21.2 Å². The van der Waals surface area contributed by atoms with Crippen LogP contribution in [0.2, 0.25) is 0 Å². The lowest BCUT2D eigenvalue weighted by molar-refractivity contribution is -0.385. The summed E-state index contributed by atoms with van der Waals surface area (Å²) < 4.78 is 13.9. The molecule has 4 nitrogen and oxygen atoms in total. The van der Waals surface area contributed by atoms with Crippen molar-refractivity contribution in [3.63, 3.8) is 0 Å². The first-order chi connectivity index (χ1) is 9.49. The Kier molecular flexibility index (Phi) is 4.34. The molecule has 0 aromatic heterocycles. The van der Waals surface area contributed by atoms with Gasteiger partial charge in [0.05, 0.1) is 9.40 Å². The Balaban J connectivity index is 2.21. The lowest BCUT2D eigenvalue weighted by atomic mass is 10.1. The van der Waals surface area contributed by atoms with Gasteiger partial charge in [-0.2, -0.15) is 0 Å². The van der Waals surface area contributed by atoms with Gasteiger partial charge in [-0.25, -0.2) is 4.39 Å². The summed E-state index contributed by atoms with van der Waals surface area (Å²) in [7, 11) is 0. The lowest BCUT2D eigenvalue weighted by Gasteiger charge is -2.11. The molecule has 1 N–H and O–H groups in total. The third-order valence-electron chi connectivity index (χ3n) is 2.92. The van der Waals surface area contributed by atoms with Crippen LogP contribution in [0.5, 0.6) is 0 Å². The first-order valence-corrected chi connectivity index (χ1v) is 6.70. The van der Waals surface area contributed by atoms with Gasteiger partial charge in [0.2, 0.25) is 0 Å². The second-order valence-corrected chi connectivity index (χ2v) is 5.17. The van der Waals surface area contributed by atoms with Crippen LogP contribution in [0.4, 0.5) is 15.8 Å². The van der Waals surface area contributed by atoms with E-state index in [0.29, 0.717) is 15.7 Å². The summed E-state index contributed by atoms with van der Waals surface area (Å²) in [6.07, 6.45) is 0. The molecule has 0 radical (unpaired) electrons. The van der Waals surface area contributed by atoms with Crippen molar-refractivity contribution in [3.05, 3.63) is 67.9 Å². The molecule has 0 aliphatic heterocycles. The maximum atomic E-state index is 13.5. The molecule has 0 amide bonds. The number of benzene rings is 2. The summed E-state index contributed by atoms with van der Waals surface area (Å²) >= 11 is 3.11. The highest BCUT2D eigenvalue weighted by molar-refractivity contribution is 9.10. The second kappa shape index (κ2) is 6.00. The van der Waals surface area contributed by atoms with E-state index in [0.717, 1.165) is 5.56 Å². The van der Waals surface area contributed by atoms with Crippen LogP contribution in [0.1, 0.15) is 11.1 Å². The third-order valence-corrected chi connectivity index (χ3v) is 3.53. The number of rotatable bonds is 4. The number of nitrogens with one attached hydrogen (secondary N) is 1. The number of hydrogen-bond donors (Lipinski definition) is 1. The molecule has 0 aliphatic carbocycles. The number of nitro groups is 1. The molecule has 6 heteroatoms. The molecule has 2 aromatic carbocycles. The minimum atomic E-state index is -0.425. The Morgan fingerprint density at radius 2 is 2.05 bits per heavy atom. The molecule has 0 bridgehead atoms. The molecule has 0 aliphatic rings. The van der Waals surface area contributed by atoms with Crippen molar-refractivity contribution in [2.75, 3.05) is 5.32 Å². The average molecular weight is 339 g/mol.